The number of nitrogens with one attached hydrogen (secondary N) is 1. The maximum absolute atomic E-state index is 6.08. The molecule has 2 aromatic carbocycles. The van der Waals surface area contributed by atoms with Crippen molar-refractivity contribution in [1.82, 2.24) is 20.3 Å². The van der Waals surface area contributed by atoms with Crippen molar-refractivity contribution in [2.75, 3.05) is 0 Å². The van der Waals surface area contributed by atoms with Gasteiger partial charge < -0.3 is 10.1 Å². The number of ether oxygens (including phenoxy) is 1. The Bertz CT molecular complexity index is 862. The Morgan fingerprint density at radius 3 is 2.92 bits per heavy atom. The summed E-state index contributed by atoms with van der Waals surface area (Å²) in [6.45, 7) is 2.95. The van der Waals surface area contributed by atoms with E-state index >= 15 is 0 Å². The van der Waals surface area contributed by atoms with Crippen LogP contribution in [0.1, 0.15) is 22.4 Å². The summed E-state index contributed by atoms with van der Waals surface area (Å²) in [7, 11) is 0. The molecule has 5 nitrogen and oxygen atoms in total. The lowest BCUT2D eigenvalue weighted by Crippen LogP contribution is -2.01. The molecule has 2 heterocycles. The highest BCUT2D eigenvalue weighted by atomic mass is 35.5. The number of nitrogens with zero attached hydrogens (tertiary/aromatic N) is 3. The Hall–Kier alpha value is -2.37. The van der Waals surface area contributed by atoms with Crippen molar-refractivity contribution in [3.63, 3.8) is 0 Å². The summed E-state index contributed by atoms with van der Waals surface area (Å²) < 4.78 is 7.52. The van der Waals surface area contributed by atoms with E-state index in [9.17, 15) is 0 Å². The first-order chi connectivity index (χ1) is 11.8. The van der Waals surface area contributed by atoms with E-state index in [2.05, 4.69) is 33.8 Å². The Morgan fingerprint density at radius 2 is 2.00 bits per heavy atom. The smallest absolute Gasteiger partial charge is 0.138 e. The van der Waals surface area contributed by atoms with Gasteiger partial charge in [-0.2, -0.15) is 0 Å². The number of benzene rings is 2. The zero-order chi connectivity index (χ0) is 16.4. The van der Waals surface area contributed by atoms with Gasteiger partial charge >= 0.3 is 0 Å². The Morgan fingerprint density at radius 1 is 1.12 bits per heavy atom. The van der Waals surface area contributed by atoms with Gasteiger partial charge in [-0.25, -0.2) is 4.68 Å². The van der Waals surface area contributed by atoms with E-state index in [1.807, 2.05) is 29.1 Å². The molecule has 0 amide bonds. The molecule has 0 atom stereocenters. The molecule has 0 saturated carbocycles. The number of fused-ring (bicyclic) bond motifs is 1. The topological polar surface area (TPSA) is 52.0 Å². The van der Waals surface area contributed by atoms with Gasteiger partial charge in [0.15, 0.2) is 0 Å². The predicted octanol–water partition coefficient (Wildman–Crippen LogP) is 3.16. The standard InChI is InChI=1S/C18H17ClN4O/c19-17-3-1-2-4-18(17)24-12-16-11-23(22-21-16)10-13-5-6-14-8-20-9-15(14)7-13/h1-7,11,20H,8-10,12H2. The van der Waals surface area contributed by atoms with E-state index in [1.165, 1.54) is 16.7 Å². The van der Waals surface area contributed by atoms with Crippen molar-refractivity contribution in [3.8, 4) is 5.75 Å². The van der Waals surface area contributed by atoms with E-state index in [1.54, 1.807) is 6.07 Å². The zero-order valence-corrected chi connectivity index (χ0v) is 13.8. The average molecular weight is 341 g/mol. The molecule has 24 heavy (non-hydrogen) atoms. The molecular formula is C18H17ClN4O. The predicted molar refractivity (Wildman–Crippen MR) is 91.9 cm³/mol. The molecule has 0 radical (unpaired) electrons. The van der Waals surface area contributed by atoms with E-state index < -0.39 is 0 Å². The van der Waals surface area contributed by atoms with E-state index in [0.717, 1.165) is 18.8 Å². The molecular weight excluding hydrogens is 324 g/mol. The van der Waals surface area contributed by atoms with Gasteiger partial charge in [0.1, 0.15) is 18.1 Å². The highest BCUT2D eigenvalue weighted by Gasteiger charge is 2.11. The summed E-state index contributed by atoms with van der Waals surface area (Å²) in [6, 6.07) is 14.0. The van der Waals surface area contributed by atoms with Gasteiger partial charge in [-0.1, -0.05) is 47.1 Å². The number of halogens is 1. The minimum Gasteiger partial charge on any atom is -0.486 e. The third-order valence-electron chi connectivity index (χ3n) is 4.04. The van der Waals surface area contributed by atoms with Crippen molar-refractivity contribution in [1.29, 1.82) is 0 Å². The van der Waals surface area contributed by atoms with Crippen LogP contribution in [0.4, 0.5) is 0 Å². The Kier molecular flexibility index (Phi) is 4.19. The zero-order valence-electron chi connectivity index (χ0n) is 13.1. The van der Waals surface area contributed by atoms with Crippen molar-refractivity contribution in [2.45, 2.75) is 26.2 Å². The molecule has 3 aromatic rings. The molecule has 122 valence electrons. The molecule has 0 bridgehead atoms. The van der Waals surface area contributed by atoms with Crippen LogP contribution in [0.15, 0.2) is 48.7 Å². The first-order valence-electron chi connectivity index (χ1n) is 7.86. The van der Waals surface area contributed by atoms with Crippen molar-refractivity contribution < 1.29 is 4.74 Å². The monoisotopic (exact) mass is 340 g/mol. The van der Waals surface area contributed by atoms with Crippen molar-refractivity contribution >= 4 is 11.6 Å². The molecule has 0 aliphatic carbocycles. The Labute approximate surface area is 145 Å². The maximum Gasteiger partial charge on any atom is 0.138 e. The van der Waals surface area contributed by atoms with E-state index in [4.69, 9.17) is 16.3 Å². The molecule has 0 unspecified atom stereocenters. The van der Waals surface area contributed by atoms with Gasteiger partial charge in [-0.05, 0) is 28.8 Å². The van der Waals surface area contributed by atoms with Crippen LogP contribution in [-0.2, 0) is 26.2 Å². The van der Waals surface area contributed by atoms with Crippen molar-refractivity contribution in [2.24, 2.45) is 0 Å². The first-order valence-corrected chi connectivity index (χ1v) is 8.23. The molecule has 1 aliphatic rings. The van der Waals surface area contributed by atoms with Crippen LogP contribution in [0.3, 0.4) is 0 Å². The molecule has 4 rings (SSSR count). The third kappa shape index (κ3) is 3.27. The van der Waals surface area contributed by atoms with Gasteiger partial charge in [0, 0.05) is 13.1 Å². The molecule has 1 aliphatic heterocycles. The highest BCUT2D eigenvalue weighted by molar-refractivity contribution is 6.32. The van der Waals surface area contributed by atoms with Crippen LogP contribution >= 0.6 is 11.6 Å². The largest absolute Gasteiger partial charge is 0.486 e. The summed E-state index contributed by atoms with van der Waals surface area (Å²) >= 11 is 6.08. The number of para-hydroxylation sites is 1. The molecule has 1 aromatic heterocycles. The molecule has 6 heteroatoms. The lowest BCUT2D eigenvalue weighted by atomic mass is 10.1. The van der Waals surface area contributed by atoms with Crippen LogP contribution in [0.5, 0.6) is 5.75 Å². The Balaban J connectivity index is 1.41. The van der Waals surface area contributed by atoms with Gasteiger partial charge in [-0.15, -0.1) is 5.10 Å². The molecule has 0 saturated heterocycles. The number of aromatic nitrogens is 3. The lowest BCUT2D eigenvalue weighted by Gasteiger charge is -2.05. The fraction of sp³-hybridized carbons (Fsp3) is 0.222. The molecule has 0 fully saturated rings. The van der Waals surface area contributed by atoms with Gasteiger partial charge in [0.05, 0.1) is 17.8 Å². The van der Waals surface area contributed by atoms with Crippen molar-refractivity contribution in [3.05, 3.63) is 76.1 Å². The SMILES string of the molecule is Clc1ccccc1OCc1cn(Cc2ccc3c(c2)CNC3)nn1. The summed E-state index contributed by atoms with van der Waals surface area (Å²) in [5.74, 6) is 0.653. The average Bonchev–Trinajstić information content (AvgIpc) is 3.23. The molecule has 0 spiro atoms. The van der Waals surface area contributed by atoms with Crippen LogP contribution in [-0.4, -0.2) is 15.0 Å². The van der Waals surface area contributed by atoms with Crippen LogP contribution in [0.25, 0.3) is 0 Å². The second-order valence-electron chi connectivity index (χ2n) is 5.83. The number of hydrogen-bond acceptors (Lipinski definition) is 4. The maximum atomic E-state index is 6.08. The third-order valence-corrected chi connectivity index (χ3v) is 4.36. The first kappa shape index (κ1) is 15.2. The fourth-order valence-corrected chi connectivity index (χ4v) is 3.02. The minimum atomic E-state index is 0.345. The van der Waals surface area contributed by atoms with Gasteiger partial charge in [0.2, 0.25) is 0 Å². The summed E-state index contributed by atoms with van der Waals surface area (Å²) in [6.07, 6.45) is 1.91. The van der Waals surface area contributed by atoms with Crippen LogP contribution < -0.4 is 10.1 Å². The fourth-order valence-electron chi connectivity index (χ4n) is 2.83. The summed E-state index contributed by atoms with van der Waals surface area (Å²) in [5, 5.41) is 12.3. The second-order valence-corrected chi connectivity index (χ2v) is 6.24. The van der Waals surface area contributed by atoms with Crippen LogP contribution in [0.2, 0.25) is 5.02 Å². The second kappa shape index (κ2) is 6.63. The van der Waals surface area contributed by atoms with E-state index in [-0.39, 0.29) is 0 Å². The normalized spacial score (nSPS) is 13.0. The number of rotatable bonds is 5. The van der Waals surface area contributed by atoms with E-state index in [0.29, 0.717) is 23.9 Å². The quantitative estimate of drug-likeness (QED) is 0.775. The lowest BCUT2D eigenvalue weighted by molar-refractivity contribution is 0.301. The number of hydrogen-bond donors (Lipinski definition) is 1. The summed E-state index contributed by atoms with van der Waals surface area (Å²) in [4.78, 5) is 0. The minimum absolute atomic E-state index is 0.345. The molecule has 1 N–H and O–H groups in total. The highest BCUT2D eigenvalue weighted by Crippen LogP contribution is 2.23. The summed E-state index contributed by atoms with van der Waals surface area (Å²) in [5.41, 5.74) is 4.75. The van der Waals surface area contributed by atoms with Gasteiger partial charge in [-0.3, -0.25) is 0 Å². The van der Waals surface area contributed by atoms with Crippen LogP contribution in [0, 0.1) is 0 Å². The van der Waals surface area contributed by atoms with Gasteiger partial charge in [0.25, 0.3) is 0 Å².